The van der Waals surface area contributed by atoms with E-state index in [1.165, 1.54) is 18.4 Å². The third-order valence-corrected chi connectivity index (χ3v) is 1.65. The number of nitrogens with zero attached hydrogens (tertiary/aromatic N) is 1. The zero-order chi connectivity index (χ0) is 7.56. The Morgan fingerprint density at radius 3 is 3.00 bits per heavy atom. The molecule has 1 rings (SSSR count). The summed E-state index contributed by atoms with van der Waals surface area (Å²) in [6.07, 6.45) is 0. The van der Waals surface area contributed by atoms with E-state index in [9.17, 15) is 4.79 Å². The molecule has 0 aliphatic carbocycles. The van der Waals surface area contributed by atoms with Crippen molar-refractivity contribution in [3.63, 3.8) is 0 Å². The van der Waals surface area contributed by atoms with E-state index in [0.717, 1.165) is 0 Å². The summed E-state index contributed by atoms with van der Waals surface area (Å²) < 4.78 is 4.43. The topological polar surface area (TPSA) is 39.2 Å². The van der Waals surface area contributed by atoms with E-state index in [1.54, 1.807) is 5.38 Å². The van der Waals surface area contributed by atoms with Crippen LogP contribution in [-0.2, 0) is 4.74 Å². The number of rotatable bonds is 1. The van der Waals surface area contributed by atoms with Crippen molar-refractivity contribution in [1.29, 1.82) is 0 Å². The van der Waals surface area contributed by atoms with Gasteiger partial charge in [-0.3, -0.25) is 0 Å². The van der Waals surface area contributed by atoms with Gasteiger partial charge in [0.1, 0.15) is 0 Å². The standard InChI is InChI=1S/C6H6NO2S/c1-4-7-5(3-10-4)6(8)9-2/h3H,1H2,2H3. The summed E-state index contributed by atoms with van der Waals surface area (Å²) in [5, 5.41) is 2.24. The fourth-order valence-corrected chi connectivity index (χ4v) is 1.06. The van der Waals surface area contributed by atoms with Crippen molar-refractivity contribution >= 4 is 17.3 Å². The number of carbonyl (C=O) groups is 1. The molecule has 0 spiro atoms. The Morgan fingerprint density at radius 1 is 1.90 bits per heavy atom. The van der Waals surface area contributed by atoms with Crippen LogP contribution in [0.25, 0.3) is 0 Å². The van der Waals surface area contributed by atoms with E-state index >= 15 is 0 Å². The molecule has 0 saturated heterocycles. The predicted molar refractivity (Wildman–Crippen MR) is 37.9 cm³/mol. The highest BCUT2D eigenvalue weighted by Gasteiger charge is 2.07. The molecule has 0 aromatic carbocycles. The van der Waals surface area contributed by atoms with Gasteiger partial charge in [0, 0.05) is 12.3 Å². The molecule has 0 atom stereocenters. The van der Waals surface area contributed by atoms with Crippen LogP contribution in [0, 0.1) is 6.92 Å². The Hall–Kier alpha value is -0.900. The number of aromatic nitrogens is 1. The molecule has 0 amide bonds. The van der Waals surface area contributed by atoms with Crippen molar-refractivity contribution in [2.75, 3.05) is 7.11 Å². The Labute approximate surface area is 62.7 Å². The molecule has 53 valence electrons. The van der Waals surface area contributed by atoms with Gasteiger partial charge in [0.25, 0.3) is 0 Å². The monoisotopic (exact) mass is 156 g/mol. The molecule has 0 aliphatic rings. The van der Waals surface area contributed by atoms with Gasteiger partial charge < -0.3 is 4.74 Å². The van der Waals surface area contributed by atoms with Crippen molar-refractivity contribution in [1.82, 2.24) is 4.98 Å². The fourth-order valence-electron chi connectivity index (χ4n) is 0.509. The number of carbonyl (C=O) groups excluding carboxylic acids is 1. The van der Waals surface area contributed by atoms with Gasteiger partial charge in [-0.2, -0.15) is 0 Å². The highest BCUT2D eigenvalue weighted by atomic mass is 32.1. The largest absolute Gasteiger partial charge is 0.464 e. The van der Waals surface area contributed by atoms with Crippen LogP contribution < -0.4 is 0 Å². The predicted octanol–water partition coefficient (Wildman–Crippen LogP) is 1.11. The second-order valence-electron chi connectivity index (χ2n) is 1.62. The SMILES string of the molecule is [CH2]c1nc(C(=O)OC)cs1. The van der Waals surface area contributed by atoms with Crippen molar-refractivity contribution in [2.24, 2.45) is 0 Å². The van der Waals surface area contributed by atoms with E-state index in [4.69, 9.17) is 0 Å². The van der Waals surface area contributed by atoms with Gasteiger partial charge in [-0.1, -0.05) is 0 Å². The summed E-state index contributed by atoms with van der Waals surface area (Å²) in [7, 11) is 1.32. The van der Waals surface area contributed by atoms with Crippen molar-refractivity contribution in [3.8, 4) is 0 Å². The summed E-state index contributed by atoms with van der Waals surface area (Å²) in [6.45, 7) is 3.56. The lowest BCUT2D eigenvalue weighted by Crippen LogP contribution is -2.00. The second-order valence-corrected chi connectivity index (χ2v) is 2.56. The first kappa shape index (κ1) is 7.21. The number of methoxy groups -OCH3 is 1. The highest BCUT2D eigenvalue weighted by molar-refractivity contribution is 7.10. The lowest BCUT2D eigenvalue weighted by atomic mass is 10.5. The lowest BCUT2D eigenvalue weighted by Gasteiger charge is -1.89. The third-order valence-electron chi connectivity index (χ3n) is 0.946. The van der Waals surface area contributed by atoms with E-state index < -0.39 is 5.97 Å². The molecule has 1 aromatic heterocycles. The zero-order valence-corrected chi connectivity index (χ0v) is 6.27. The molecule has 1 aromatic rings. The molecule has 1 heterocycles. The number of hydrogen-bond donors (Lipinski definition) is 0. The molecule has 10 heavy (non-hydrogen) atoms. The molecular weight excluding hydrogens is 150 g/mol. The van der Waals surface area contributed by atoms with Crippen molar-refractivity contribution in [3.05, 3.63) is 23.0 Å². The average Bonchev–Trinajstić information content (AvgIpc) is 2.34. The molecule has 0 N–H and O–H groups in total. The summed E-state index contributed by atoms with van der Waals surface area (Å²) in [5.74, 6) is -0.411. The van der Waals surface area contributed by atoms with Crippen LogP contribution in [0.4, 0.5) is 0 Å². The summed E-state index contributed by atoms with van der Waals surface area (Å²) in [6, 6.07) is 0. The lowest BCUT2D eigenvalue weighted by molar-refractivity contribution is 0.0595. The molecule has 1 radical (unpaired) electrons. The smallest absolute Gasteiger partial charge is 0.357 e. The van der Waals surface area contributed by atoms with E-state index in [1.807, 2.05) is 0 Å². The Balaban J connectivity index is 2.85. The molecule has 0 unspecified atom stereocenters. The highest BCUT2D eigenvalue weighted by Crippen LogP contribution is 2.07. The molecule has 0 fully saturated rings. The Morgan fingerprint density at radius 2 is 2.60 bits per heavy atom. The van der Waals surface area contributed by atoms with Crippen LogP contribution in [0.3, 0.4) is 0 Å². The molecule has 0 aliphatic heterocycles. The second kappa shape index (κ2) is 2.79. The quantitative estimate of drug-likeness (QED) is 0.572. The maximum absolute atomic E-state index is 10.7. The molecule has 3 nitrogen and oxygen atoms in total. The van der Waals surface area contributed by atoms with Crippen LogP contribution in [0.5, 0.6) is 0 Å². The zero-order valence-electron chi connectivity index (χ0n) is 5.46. The van der Waals surface area contributed by atoms with Gasteiger partial charge in [0.2, 0.25) is 0 Å². The molecule has 0 saturated carbocycles. The van der Waals surface area contributed by atoms with Crippen LogP contribution in [0.15, 0.2) is 5.38 Å². The minimum atomic E-state index is -0.411. The van der Waals surface area contributed by atoms with Crippen LogP contribution in [0.1, 0.15) is 15.5 Å². The number of thiazole rings is 1. The maximum Gasteiger partial charge on any atom is 0.357 e. The van der Waals surface area contributed by atoms with Gasteiger partial charge in [0.15, 0.2) is 5.69 Å². The molecule has 0 bridgehead atoms. The first-order chi connectivity index (χ1) is 4.74. The van der Waals surface area contributed by atoms with Crippen LogP contribution >= 0.6 is 11.3 Å². The summed E-state index contributed by atoms with van der Waals surface area (Å²) in [4.78, 5) is 14.5. The minimum absolute atomic E-state index is 0.331. The van der Waals surface area contributed by atoms with E-state index in [2.05, 4.69) is 16.6 Å². The third kappa shape index (κ3) is 1.33. The van der Waals surface area contributed by atoms with Crippen LogP contribution in [0.2, 0.25) is 0 Å². The number of ether oxygens (including phenoxy) is 1. The summed E-state index contributed by atoms with van der Waals surface area (Å²) >= 11 is 1.33. The minimum Gasteiger partial charge on any atom is -0.464 e. The maximum atomic E-state index is 10.7. The van der Waals surface area contributed by atoms with Crippen LogP contribution in [-0.4, -0.2) is 18.1 Å². The van der Waals surface area contributed by atoms with Gasteiger partial charge in [-0.05, 0) is 0 Å². The average molecular weight is 156 g/mol. The molecular formula is C6H6NO2S. The fraction of sp³-hybridized carbons (Fsp3) is 0.167. The summed E-state index contributed by atoms with van der Waals surface area (Å²) in [5.41, 5.74) is 0.331. The first-order valence-corrected chi connectivity index (χ1v) is 3.48. The van der Waals surface area contributed by atoms with Gasteiger partial charge in [-0.25, -0.2) is 9.78 Å². The number of esters is 1. The number of hydrogen-bond acceptors (Lipinski definition) is 4. The Bertz CT molecular complexity index is 244. The van der Waals surface area contributed by atoms with Gasteiger partial charge >= 0.3 is 5.97 Å². The van der Waals surface area contributed by atoms with Crippen molar-refractivity contribution in [2.45, 2.75) is 0 Å². The van der Waals surface area contributed by atoms with Gasteiger partial charge in [0.05, 0.1) is 12.1 Å². The Kier molecular flexibility index (Phi) is 2.01. The van der Waals surface area contributed by atoms with Crippen molar-refractivity contribution < 1.29 is 9.53 Å². The first-order valence-electron chi connectivity index (χ1n) is 2.60. The van der Waals surface area contributed by atoms with E-state index in [-0.39, 0.29) is 0 Å². The molecule has 4 heteroatoms. The van der Waals surface area contributed by atoms with Gasteiger partial charge in [-0.15, -0.1) is 11.3 Å². The van der Waals surface area contributed by atoms with E-state index in [0.29, 0.717) is 10.7 Å². The normalized spacial score (nSPS) is 9.40.